The number of hydrogen-bond donors (Lipinski definition) is 1. The standard InChI is InChI=1S/C13H23N3S/c1-10(7-8-17-4)16(3)13-6-5-12(9-15-13)11(2)14/h5-6,9-11H,7-8,14H2,1-4H3. The molecule has 17 heavy (non-hydrogen) atoms. The molecule has 0 aliphatic rings. The van der Waals surface area contributed by atoms with Crippen molar-refractivity contribution < 1.29 is 0 Å². The molecule has 0 radical (unpaired) electrons. The van der Waals surface area contributed by atoms with Gasteiger partial charge in [0, 0.05) is 25.3 Å². The zero-order valence-electron chi connectivity index (χ0n) is 11.2. The Bertz CT molecular complexity index is 324. The van der Waals surface area contributed by atoms with Gasteiger partial charge in [-0.15, -0.1) is 0 Å². The number of rotatable bonds is 6. The van der Waals surface area contributed by atoms with E-state index in [1.165, 1.54) is 12.2 Å². The molecule has 1 rings (SSSR count). The Morgan fingerprint density at radius 1 is 1.41 bits per heavy atom. The van der Waals surface area contributed by atoms with Crippen LogP contribution in [0.2, 0.25) is 0 Å². The first kappa shape index (κ1) is 14.3. The van der Waals surface area contributed by atoms with Crippen LogP contribution in [-0.4, -0.2) is 30.1 Å². The van der Waals surface area contributed by atoms with Gasteiger partial charge in [-0.05, 0) is 43.9 Å². The Balaban J connectivity index is 2.65. The lowest BCUT2D eigenvalue weighted by Gasteiger charge is -2.26. The fraction of sp³-hybridized carbons (Fsp3) is 0.615. The lowest BCUT2D eigenvalue weighted by Crippen LogP contribution is -2.30. The summed E-state index contributed by atoms with van der Waals surface area (Å²) in [6, 6.07) is 4.67. The number of pyridine rings is 1. The molecule has 2 N–H and O–H groups in total. The second kappa shape index (κ2) is 6.87. The van der Waals surface area contributed by atoms with E-state index in [1.807, 2.05) is 30.9 Å². The van der Waals surface area contributed by atoms with Gasteiger partial charge in [-0.3, -0.25) is 0 Å². The van der Waals surface area contributed by atoms with Crippen molar-refractivity contribution in [1.29, 1.82) is 0 Å². The molecule has 3 nitrogen and oxygen atoms in total. The third-order valence-electron chi connectivity index (χ3n) is 3.06. The van der Waals surface area contributed by atoms with E-state index in [1.54, 1.807) is 0 Å². The van der Waals surface area contributed by atoms with Gasteiger partial charge in [0.1, 0.15) is 5.82 Å². The molecule has 1 heterocycles. The Labute approximate surface area is 109 Å². The fourth-order valence-electron chi connectivity index (χ4n) is 1.58. The van der Waals surface area contributed by atoms with Gasteiger partial charge in [0.2, 0.25) is 0 Å². The van der Waals surface area contributed by atoms with Crippen molar-refractivity contribution in [3.8, 4) is 0 Å². The molecule has 0 saturated heterocycles. The highest BCUT2D eigenvalue weighted by Crippen LogP contribution is 2.17. The van der Waals surface area contributed by atoms with E-state index >= 15 is 0 Å². The average Bonchev–Trinajstić information content (AvgIpc) is 2.35. The molecule has 0 aliphatic heterocycles. The minimum atomic E-state index is 0.0516. The number of nitrogens with two attached hydrogens (primary N) is 1. The second-order valence-corrected chi connectivity index (χ2v) is 5.47. The number of hydrogen-bond acceptors (Lipinski definition) is 4. The van der Waals surface area contributed by atoms with Crippen LogP contribution in [0.3, 0.4) is 0 Å². The molecule has 0 bridgehead atoms. The quantitative estimate of drug-likeness (QED) is 0.846. The summed E-state index contributed by atoms with van der Waals surface area (Å²) < 4.78 is 0. The molecule has 2 unspecified atom stereocenters. The van der Waals surface area contributed by atoms with Crippen molar-refractivity contribution in [2.45, 2.75) is 32.4 Å². The molecule has 0 aliphatic carbocycles. The summed E-state index contributed by atoms with van der Waals surface area (Å²) in [5.41, 5.74) is 6.89. The number of anilines is 1. The van der Waals surface area contributed by atoms with Crippen molar-refractivity contribution in [3.05, 3.63) is 23.9 Å². The van der Waals surface area contributed by atoms with Gasteiger partial charge in [-0.1, -0.05) is 6.07 Å². The van der Waals surface area contributed by atoms with Crippen LogP contribution in [0.5, 0.6) is 0 Å². The van der Waals surface area contributed by atoms with E-state index in [4.69, 9.17) is 5.73 Å². The summed E-state index contributed by atoms with van der Waals surface area (Å²) in [6.07, 6.45) is 5.19. The van der Waals surface area contributed by atoms with Crippen molar-refractivity contribution in [2.24, 2.45) is 5.73 Å². The lowest BCUT2D eigenvalue weighted by molar-refractivity contribution is 0.661. The summed E-state index contributed by atoms with van der Waals surface area (Å²) in [5.74, 6) is 2.20. The second-order valence-electron chi connectivity index (χ2n) is 4.48. The summed E-state index contributed by atoms with van der Waals surface area (Å²) in [4.78, 5) is 6.69. The maximum atomic E-state index is 5.81. The summed E-state index contributed by atoms with van der Waals surface area (Å²) in [7, 11) is 2.10. The molecule has 0 spiro atoms. The SMILES string of the molecule is CSCCC(C)N(C)c1ccc(C(C)N)cn1. The van der Waals surface area contributed by atoms with Gasteiger partial charge in [0.25, 0.3) is 0 Å². The van der Waals surface area contributed by atoms with Gasteiger partial charge in [-0.25, -0.2) is 4.98 Å². The fourth-order valence-corrected chi connectivity index (χ4v) is 2.16. The first-order valence-corrected chi connectivity index (χ1v) is 7.39. The normalized spacial score (nSPS) is 14.4. The van der Waals surface area contributed by atoms with E-state index in [2.05, 4.69) is 36.2 Å². The molecule has 0 aromatic carbocycles. The van der Waals surface area contributed by atoms with E-state index in [0.717, 1.165) is 11.4 Å². The average molecular weight is 253 g/mol. The van der Waals surface area contributed by atoms with Crippen molar-refractivity contribution >= 4 is 17.6 Å². The molecule has 1 aromatic heterocycles. The van der Waals surface area contributed by atoms with E-state index < -0.39 is 0 Å². The van der Waals surface area contributed by atoms with Crippen LogP contribution in [0.4, 0.5) is 5.82 Å². The number of nitrogens with zero attached hydrogens (tertiary/aromatic N) is 2. The van der Waals surface area contributed by atoms with Gasteiger partial charge >= 0.3 is 0 Å². The summed E-state index contributed by atoms with van der Waals surface area (Å²) >= 11 is 1.89. The smallest absolute Gasteiger partial charge is 0.128 e. The highest BCUT2D eigenvalue weighted by atomic mass is 32.2. The van der Waals surface area contributed by atoms with E-state index in [0.29, 0.717) is 6.04 Å². The number of thioether (sulfide) groups is 1. The zero-order valence-corrected chi connectivity index (χ0v) is 12.0. The van der Waals surface area contributed by atoms with Crippen LogP contribution in [-0.2, 0) is 0 Å². The van der Waals surface area contributed by atoms with Crippen molar-refractivity contribution in [3.63, 3.8) is 0 Å². The lowest BCUT2D eigenvalue weighted by atomic mass is 10.1. The summed E-state index contributed by atoms with van der Waals surface area (Å²) in [5, 5.41) is 0. The highest BCUT2D eigenvalue weighted by Gasteiger charge is 2.11. The highest BCUT2D eigenvalue weighted by molar-refractivity contribution is 7.98. The van der Waals surface area contributed by atoms with Crippen LogP contribution in [0.15, 0.2) is 18.3 Å². The topological polar surface area (TPSA) is 42.1 Å². The summed E-state index contributed by atoms with van der Waals surface area (Å²) in [6.45, 7) is 4.21. The molecule has 0 saturated carbocycles. The molecule has 1 aromatic rings. The van der Waals surface area contributed by atoms with Gasteiger partial charge in [-0.2, -0.15) is 11.8 Å². The monoisotopic (exact) mass is 253 g/mol. The Hall–Kier alpha value is -0.740. The third kappa shape index (κ3) is 4.21. The predicted octanol–water partition coefficient (Wildman–Crippen LogP) is 2.68. The van der Waals surface area contributed by atoms with E-state index in [-0.39, 0.29) is 6.04 Å². The van der Waals surface area contributed by atoms with Crippen molar-refractivity contribution in [2.75, 3.05) is 24.0 Å². The van der Waals surface area contributed by atoms with Gasteiger partial charge in [0.05, 0.1) is 0 Å². The van der Waals surface area contributed by atoms with Crippen LogP contribution < -0.4 is 10.6 Å². The molecule has 0 amide bonds. The van der Waals surface area contributed by atoms with E-state index in [9.17, 15) is 0 Å². The minimum absolute atomic E-state index is 0.0516. The van der Waals surface area contributed by atoms with Gasteiger partial charge in [0.15, 0.2) is 0 Å². The third-order valence-corrected chi connectivity index (χ3v) is 3.70. The Kier molecular flexibility index (Phi) is 5.78. The van der Waals surface area contributed by atoms with Crippen LogP contribution in [0, 0.1) is 0 Å². The largest absolute Gasteiger partial charge is 0.357 e. The molecular formula is C13H23N3S. The van der Waals surface area contributed by atoms with Crippen molar-refractivity contribution in [1.82, 2.24) is 4.98 Å². The van der Waals surface area contributed by atoms with Crippen LogP contribution in [0.25, 0.3) is 0 Å². The molecule has 0 fully saturated rings. The Morgan fingerprint density at radius 2 is 2.12 bits per heavy atom. The first-order valence-electron chi connectivity index (χ1n) is 5.99. The van der Waals surface area contributed by atoms with Crippen LogP contribution in [0.1, 0.15) is 31.9 Å². The van der Waals surface area contributed by atoms with Crippen LogP contribution >= 0.6 is 11.8 Å². The Morgan fingerprint density at radius 3 is 2.59 bits per heavy atom. The molecule has 4 heteroatoms. The van der Waals surface area contributed by atoms with Gasteiger partial charge < -0.3 is 10.6 Å². The minimum Gasteiger partial charge on any atom is -0.357 e. The predicted molar refractivity (Wildman–Crippen MR) is 77.7 cm³/mol. The number of aromatic nitrogens is 1. The maximum absolute atomic E-state index is 5.81. The molecule has 2 atom stereocenters. The molecular weight excluding hydrogens is 230 g/mol. The zero-order chi connectivity index (χ0) is 12.8. The molecule has 96 valence electrons. The maximum Gasteiger partial charge on any atom is 0.128 e. The first-order chi connectivity index (χ1) is 8.06.